The first-order valence-electron chi connectivity index (χ1n) is 9.84. The lowest BCUT2D eigenvalue weighted by Crippen LogP contribution is -2.52. The van der Waals surface area contributed by atoms with Crippen LogP contribution < -0.4 is 5.32 Å². The van der Waals surface area contributed by atoms with E-state index in [1.807, 2.05) is 51.1 Å². The van der Waals surface area contributed by atoms with Crippen LogP contribution in [0.1, 0.15) is 38.8 Å². The number of carbonyl (C=O) groups is 2. The molecule has 0 heterocycles. The zero-order chi connectivity index (χ0) is 23.2. The summed E-state index contributed by atoms with van der Waals surface area (Å²) in [6.07, 6.45) is 0. The monoisotopic (exact) mass is 544 g/mol. The second-order valence-corrected chi connectivity index (χ2v) is 11.0. The Morgan fingerprint density at radius 1 is 1.06 bits per heavy atom. The van der Waals surface area contributed by atoms with Crippen molar-refractivity contribution >= 4 is 62.7 Å². The van der Waals surface area contributed by atoms with Gasteiger partial charge in [-0.15, -0.1) is 11.8 Å². The van der Waals surface area contributed by atoms with Crippen molar-refractivity contribution in [2.75, 3.05) is 5.75 Å². The fourth-order valence-electron chi connectivity index (χ4n) is 2.81. The molecule has 0 saturated heterocycles. The van der Waals surface area contributed by atoms with Gasteiger partial charge in [0.2, 0.25) is 11.8 Å². The van der Waals surface area contributed by atoms with Crippen LogP contribution in [-0.4, -0.2) is 34.0 Å². The molecule has 0 spiro atoms. The number of hydrogen-bond acceptors (Lipinski definition) is 3. The second kappa shape index (κ2) is 11.6. The van der Waals surface area contributed by atoms with E-state index in [0.29, 0.717) is 15.8 Å². The van der Waals surface area contributed by atoms with Crippen LogP contribution in [0.2, 0.25) is 10.0 Å². The highest BCUT2D eigenvalue weighted by Crippen LogP contribution is 2.24. The maximum Gasteiger partial charge on any atom is 0.242 e. The highest BCUT2D eigenvalue weighted by Gasteiger charge is 2.28. The van der Waals surface area contributed by atoms with Gasteiger partial charge in [0.1, 0.15) is 6.04 Å². The molecule has 1 N–H and O–H groups in total. The van der Waals surface area contributed by atoms with E-state index in [1.54, 1.807) is 24.0 Å². The van der Waals surface area contributed by atoms with Gasteiger partial charge in [0.15, 0.2) is 0 Å². The number of benzene rings is 2. The molecule has 0 aliphatic carbocycles. The van der Waals surface area contributed by atoms with E-state index >= 15 is 0 Å². The largest absolute Gasteiger partial charge is 0.350 e. The zero-order valence-corrected chi connectivity index (χ0v) is 22.0. The van der Waals surface area contributed by atoms with E-state index in [4.69, 9.17) is 23.2 Å². The van der Waals surface area contributed by atoms with Crippen molar-refractivity contribution in [3.63, 3.8) is 0 Å². The summed E-state index contributed by atoms with van der Waals surface area (Å²) in [5.74, 6) is 0.677. The van der Waals surface area contributed by atoms with E-state index < -0.39 is 6.04 Å². The maximum atomic E-state index is 13.1. The summed E-state index contributed by atoms with van der Waals surface area (Å²) in [5, 5.41) is 3.83. The Morgan fingerprint density at radius 2 is 1.68 bits per heavy atom. The van der Waals surface area contributed by atoms with E-state index in [1.165, 1.54) is 11.8 Å². The first-order chi connectivity index (χ1) is 14.5. The van der Waals surface area contributed by atoms with Gasteiger partial charge in [-0.3, -0.25) is 9.59 Å². The number of nitrogens with one attached hydrogen (secondary N) is 1. The number of halogens is 3. The van der Waals surface area contributed by atoms with Gasteiger partial charge in [-0.25, -0.2) is 0 Å². The van der Waals surface area contributed by atoms with Gasteiger partial charge in [-0.05, 0) is 63.1 Å². The van der Waals surface area contributed by atoms with Crippen LogP contribution in [0.4, 0.5) is 0 Å². The van der Waals surface area contributed by atoms with Crippen LogP contribution in [0, 0.1) is 0 Å². The predicted octanol–water partition coefficient (Wildman–Crippen LogP) is 6.32. The third kappa shape index (κ3) is 8.68. The van der Waals surface area contributed by atoms with Crippen molar-refractivity contribution in [1.82, 2.24) is 10.2 Å². The minimum absolute atomic E-state index is 0.107. The summed E-state index contributed by atoms with van der Waals surface area (Å²) >= 11 is 17.1. The molecule has 0 fully saturated rings. The molecule has 0 aliphatic rings. The van der Waals surface area contributed by atoms with Gasteiger partial charge in [0.05, 0.1) is 15.8 Å². The van der Waals surface area contributed by atoms with Gasteiger partial charge in [0.25, 0.3) is 0 Å². The third-order valence-corrected chi connectivity index (χ3v) is 6.67. The molecule has 2 aromatic carbocycles. The molecular formula is C23H27BrCl2N2O2S. The quantitative estimate of drug-likeness (QED) is 0.422. The SMILES string of the molecule is C[C@H](C(=O)NC(C)(C)C)N(Cc1ccc(Cl)c(Cl)c1)C(=O)CSCc1ccc(Br)cc1. The molecule has 168 valence electrons. The highest BCUT2D eigenvalue weighted by molar-refractivity contribution is 9.10. The summed E-state index contributed by atoms with van der Waals surface area (Å²) in [4.78, 5) is 27.5. The Hall–Kier alpha value is -1.21. The molecule has 0 saturated carbocycles. The second-order valence-electron chi connectivity index (χ2n) is 8.30. The minimum atomic E-state index is -0.630. The number of rotatable bonds is 8. The number of hydrogen-bond donors (Lipinski definition) is 1. The molecule has 2 rings (SSSR count). The van der Waals surface area contributed by atoms with Gasteiger partial charge < -0.3 is 10.2 Å². The lowest BCUT2D eigenvalue weighted by molar-refractivity contribution is -0.139. The lowest BCUT2D eigenvalue weighted by atomic mass is 10.1. The van der Waals surface area contributed by atoms with E-state index in [9.17, 15) is 9.59 Å². The summed E-state index contributed by atoms with van der Waals surface area (Å²) < 4.78 is 1.02. The van der Waals surface area contributed by atoms with Crippen LogP contribution in [0.25, 0.3) is 0 Å². The molecule has 0 radical (unpaired) electrons. The van der Waals surface area contributed by atoms with Gasteiger partial charge in [-0.1, -0.05) is 57.3 Å². The van der Waals surface area contributed by atoms with E-state index in [2.05, 4.69) is 21.2 Å². The minimum Gasteiger partial charge on any atom is -0.350 e. The van der Waals surface area contributed by atoms with Gasteiger partial charge >= 0.3 is 0 Å². The Labute approximate surface area is 207 Å². The first kappa shape index (κ1) is 26.0. The van der Waals surface area contributed by atoms with Crippen molar-refractivity contribution < 1.29 is 9.59 Å². The molecule has 0 aromatic heterocycles. The summed E-state index contributed by atoms with van der Waals surface area (Å²) in [6.45, 7) is 7.76. The van der Waals surface area contributed by atoms with Crippen molar-refractivity contribution in [2.45, 2.75) is 51.6 Å². The van der Waals surface area contributed by atoms with Crippen LogP contribution in [0.5, 0.6) is 0 Å². The normalized spacial score (nSPS) is 12.4. The number of amides is 2. The number of thioether (sulfide) groups is 1. The number of nitrogens with zero attached hydrogens (tertiary/aromatic N) is 1. The Morgan fingerprint density at radius 3 is 2.26 bits per heavy atom. The van der Waals surface area contributed by atoms with Crippen molar-refractivity contribution in [3.8, 4) is 0 Å². The first-order valence-corrected chi connectivity index (χ1v) is 12.5. The summed E-state index contributed by atoms with van der Waals surface area (Å²) in [7, 11) is 0. The fourth-order valence-corrected chi connectivity index (χ4v) is 4.27. The third-order valence-electron chi connectivity index (χ3n) is 4.41. The Balaban J connectivity index is 2.12. The summed E-state index contributed by atoms with van der Waals surface area (Å²) in [5.41, 5.74) is 1.56. The zero-order valence-electron chi connectivity index (χ0n) is 18.0. The van der Waals surface area contributed by atoms with Crippen LogP contribution in [0.3, 0.4) is 0 Å². The van der Waals surface area contributed by atoms with Crippen LogP contribution >= 0.6 is 50.9 Å². The molecular weight excluding hydrogens is 519 g/mol. The molecule has 4 nitrogen and oxygen atoms in total. The van der Waals surface area contributed by atoms with Gasteiger partial charge in [0, 0.05) is 22.3 Å². The van der Waals surface area contributed by atoms with E-state index in [-0.39, 0.29) is 29.7 Å². The molecule has 2 aromatic rings. The molecule has 0 bridgehead atoms. The maximum absolute atomic E-state index is 13.1. The molecule has 0 aliphatic heterocycles. The molecule has 31 heavy (non-hydrogen) atoms. The van der Waals surface area contributed by atoms with Crippen LogP contribution in [0.15, 0.2) is 46.9 Å². The average Bonchev–Trinajstić information content (AvgIpc) is 2.68. The molecule has 2 amide bonds. The predicted molar refractivity (Wildman–Crippen MR) is 135 cm³/mol. The topological polar surface area (TPSA) is 49.4 Å². The summed E-state index contributed by atoms with van der Waals surface area (Å²) in [6, 6.07) is 12.6. The lowest BCUT2D eigenvalue weighted by Gasteiger charge is -2.31. The Kier molecular flexibility index (Phi) is 9.74. The fraction of sp³-hybridized carbons (Fsp3) is 0.391. The van der Waals surface area contributed by atoms with Crippen molar-refractivity contribution in [2.24, 2.45) is 0 Å². The number of carbonyl (C=O) groups excluding carboxylic acids is 2. The van der Waals surface area contributed by atoms with Crippen LogP contribution in [-0.2, 0) is 21.9 Å². The van der Waals surface area contributed by atoms with Crippen molar-refractivity contribution in [3.05, 3.63) is 68.1 Å². The smallest absolute Gasteiger partial charge is 0.242 e. The standard InChI is InChI=1S/C23H27BrCl2N2O2S/c1-15(22(30)27-23(2,3)4)28(12-17-7-10-19(25)20(26)11-17)21(29)14-31-13-16-5-8-18(24)9-6-16/h5-11,15H,12-14H2,1-4H3,(H,27,30)/t15-/m1/s1. The van der Waals surface area contributed by atoms with E-state index in [0.717, 1.165) is 15.6 Å². The van der Waals surface area contributed by atoms with Gasteiger partial charge in [-0.2, -0.15) is 0 Å². The van der Waals surface area contributed by atoms with Crippen molar-refractivity contribution in [1.29, 1.82) is 0 Å². The Bertz CT molecular complexity index is 917. The average molecular weight is 546 g/mol. The highest BCUT2D eigenvalue weighted by atomic mass is 79.9. The molecule has 8 heteroatoms. The molecule has 0 unspecified atom stereocenters. The molecule has 1 atom stereocenters.